The summed E-state index contributed by atoms with van der Waals surface area (Å²) >= 11 is 0. The molecule has 0 N–H and O–H groups in total. The number of rotatable bonds is 9. The third-order valence-electron chi connectivity index (χ3n) is 7.14. The lowest BCUT2D eigenvalue weighted by Crippen LogP contribution is -2.51. The van der Waals surface area contributed by atoms with Gasteiger partial charge in [0.2, 0.25) is 5.91 Å². The fourth-order valence-corrected chi connectivity index (χ4v) is 6.25. The van der Waals surface area contributed by atoms with Crippen molar-refractivity contribution in [1.29, 1.82) is 0 Å². The van der Waals surface area contributed by atoms with Gasteiger partial charge < -0.3 is 9.64 Å². The van der Waals surface area contributed by atoms with Gasteiger partial charge in [0.1, 0.15) is 17.2 Å². The van der Waals surface area contributed by atoms with Gasteiger partial charge >= 0.3 is 0 Å². The minimum Gasteiger partial charge on any atom is -0.495 e. The number of piperazine rings is 1. The van der Waals surface area contributed by atoms with Gasteiger partial charge in [-0.3, -0.25) is 14.0 Å². The summed E-state index contributed by atoms with van der Waals surface area (Å²) in [6.45, 7) is 8.81. The predicted octanol–water partition coefficient (Wildman–Crippen LogP) is 4.67. The number of hydrogen-bond donors (Lipinski definition) is 0. The van der Waals surface area contributed by atoms with Gasteiger partial charge in [0.25, 0.3) is 10.0 Å². The highest BCUT2D eigenvalue weighted by Crippen LogP contribution is 2.32. The van der Waals surface area contributed by atoms with E-state index in [1.54, 1.807) is 29.2 Å². The molecule has 3 aromatic rings. The highest BCUT2D eigenvalue weighted by atomic mass is 32.2. The maximum absolute atomic E-state index is 14.0. The summed E-state index contributed by atoms with van der Waals surface area (Å²) in [5.41, 5.74) is 4.41. The Kier molecular flexibility index (Phi) is 9.09. The standard InChI is InChI=1S/C31H37N3O4S/c1-24-12-15-29(38-4)30(21-24)39(36,37)34(28-14-13-25(2)26(3)22-28)23-31(35)33-19-17-32(18-20-33)16-8-11-27-9-6-5-7-10-27/h5-15,21-22H,16-20,23H2,1-4H3/b11-8+. The first-order valence-electron chi connectivity index (χ1n) is 13.2. The van der Waals surface area contributed by atoms with Crippen LogP contribution in [-0.4, -0.2) is 70.5 Å². The van der Waals surface area contributed by atoms with E-state index in [0.29, 0.717) is 18.8 Å². The molecule has 0 aromatic heterocycles. The summed E-state index contributed by atoms with van der Waals surface area (Å²) in [5, 5.41) is 0. The topological polar surface area (TPSA) is 70.2 Å². The van der Waals surface area contributed by atoms with Gasteiger partial charge in [-0.25, -0.2) is 8.42 Å². The predicted molar refractivity (Wildman–Crippen MR) is 157 cm³/mol. The van der Waals surface area contributed by atoms with E-state index >= 15 is 0 Å². The van der Waals surface area contributed by atoms with E-state index < -0.39 is 10.0 Å². The minimum atomic E-state index is -4.09. The molecule has 0 radical (unpaired) electrons. The van der Waals surface area contributed by atoms with Gasteiger partial charge in [0.05, 0.1) is 12.8 Å². The summed E-state index contributed by atoms with van der Waals surface area (Å²) in [4.78, 5) is 17.6. The fraction of sp³-hybridized carbons (Fsp3) is 0.323. The molecule has 0 aliphatic carbocycles. The van der Waals surface area contributed by atoms with E-state index in [1.165, 1.54) is 11.4 Å². The first kappa shape index (κ1) is 28.4. The van der Waals surface area contributed by atoms with Crippen LogP contribution in [0.25, 0.3) is 6.08 Å². The van der Waals surface area contributed by atoms with Crippen LogP contribution in [0.3, 0.4) is 0 Å². The second-order valence-corrected chi connectivity index (χ2v) is 11.8. The molecule has 1 aliphatic heterocycles. The first-order chi connectivity index (χ1) is 18.7. The van der Waals surface area contributed by atoms with Gasteiger partial charge in [0, 0.05) is 32.7 Å². The molecule has 1 amide bonds. The molecule has 39 heavy (non-hydrogen) atoms. The molecule has 0 bridgehead atoms. The fourth-order valence-electron chi connectivity index (χ4n) is 4.60. The van der Waals surface area contributed by atoms with Crippen molar-refractivity contribution in [3.63, 3.8) is 0 Å². The lowest BCUT2D eigenvalue weighted by Gasteiger charge is -2.35. The second kappa shape index (κ2) is 12.5. The molecule has 1 saturated heterocycles. The Hall–Kier alpha value is -3.62. The molecule has 0 spiro atoms. The van der Waals surface area contributed by atoms with E-state index in [1.807, 2.05) is 51.1 Å². The molecule has 8 heteroatoms. The van der Waals surface area contributed by atoms with Crippen molar-refractivity contribution in [2.45, 2.75) is 25.7 Å². The SMILES string of the molecule is COc1ccc(C)cc1S(=O)(=O)N(CC(=O)N1CCN(C/C=C/c2ccccc2)CC1)c1ccc(C)c(C)c1. The lowest BCUT2D eigenvalue weighted by atomic mass is 10.1. The number of aryl methyl sites for hydroxylation is 3. The molecule has 4 rings (SSSR count). The average Bonchev–Trinajstić information content (AvgIpc) is 2.94. The van der Waals surface area contributed by atoms with E-state index in [-0.39, 0.29) is 23.1 Å². The quantitative estimate of drug-likeness (QED) is 0.389. The van der Waals surface area contributed by atoms with Crippen molar-refractivity contribution in [3.05, 3.63) is 95.1 Å². The van der Waals surface area contributed by atoms with Crippen LogP contribution in [0.2, 0.25) is 0 Å². The Morgan fingerprint density at radius 1 is 0.923 bits per heavy atom. The Bertz CT molecular complexity index is 1430. The maximum Gasteiger partial charge on any atom is 0.268 e. The molecule has 1 fully saturated rings. The van der Waals surface area contributed by atoms with Crippen LogP contribution in [0.1, 0.15) is 22.3 Å². The van der Waals surface area contributed by atoms with Crippen LogP contribution in [0.15, 0.2) is 77.7 Å². The highest BCUT2D eigenvalue weighted by Gasteiger charge is 2.32. The maximum atomic E-state index is 14.0. The van der Waals surface area contributed by atoms with E-state index in [2.05, 4.69) is 29.2 Å². The van der Waals surface area contributed by atoms with Crippen molar-refractivity contribution >= 4 is 27.7 Å². The number of carbonyl (C=O) groups excluding carboxylic acids is 1. The third-order valence-corrected chi connectivity index (χ3v) is 8.94. The Morgan fingerprint density at radius 2 is 1.64 bits per heavy atom. The van der Waals surface area contributed by atoms with Crippen molar-refractivity contribution < 1.29 is 17.9 Å². The number of hydrogen-bond acceptors (Lipinski definition) is 5. The van der Waals surface area contributed by atoms with Crippen LogP contribution in [-0.2, 0) is 14.8 Å². The average molecular weight is 548 g/mol. The van der Waals surface area contributed by atoms with Crippen LogP contribution in [0, 0.1) is 20.8 Å². The molecule has 0 atom stereocenters. The lowest BCUT2D eigenvalue weighted by molar-refractivity contribution is -0.131. The monoisotopic (exact) mass is 547 g/mol. The number of methoxy groups -OCH3 is 1. The van der Waals surface area contributed by atoms with Gasteiger partial charge in [0.15, 0.2) is 0 Å². The Morgan fingerprint density at radius 3 is 2.31 bits per heavy atom. The number of amides is 1. The normalized spacial score (nSPS) is 14.5. The van der Waals surface area contributed by atoms with E-state index in [4.69, 9.17) is 4.74 Å². The number of anilines is 1. The molecule has 0 saturated carbocycles. The number of carbonyl (C=O) groups is 1. The summed E-state index contributed by atoms with van der Waals surface area (Å²) in [6, 6.07) is 20.7. The summed E-state index contributed by atoms with van der Waals surface area (Å²) in [7, 11) is -2.64. The van der Waals surface area contributed by atoms with Gasteiger partial charge in [-0.05, 0) is 67.3 Å². The minimum absolute atomic E-state index is 0.0473. The van der Waals surface area contributed by atoms with Crippen LogP contribution >= 0.6 is 0 Å². The summed E-state index contributed by atoms with van der Waals surface area (Å²) in [5.74, 6) is 0.0296. The smallest absolute Gasteiger partial charge is 0.268 e. The highest BCUT2D eigenvalue weighted by molar-refractivity contribution is 7.93. The van der Waals surface area contributed by atoms with Crippen LogP contribution < -0.4 is 9.04 Å². The van der Waals surface area contributed by atoms with Crippen LogP contribution in [0.5, 0.6) is 5.75 Å². The van der Waals surface area contributed by atoms with Crippen molar-refractivity contribution in [1.82, 2.24) is 9.80 Å². The molecule has 1 aliphatic rings. The van der Waals surface area contributed by atoms with Gasteiger partial charge in [-0.1, -0.05) is 54.6 Å². The Labute approximate surface area is 232 Å². The number of sulfonamides is 1. The number of nitrogens with zero attached hydrogens (tertiary/aromatic N) is 3. The summed E-state index contributed by atoms with van der Waals surface area (Å²) < 4.78 is 34.7. The number of benzene rings is 3. The zero-order valence-corrected chi connectivity index (χ0v) is 23.9. The van der Waals surface area contributed by atoms with E-state index in [0.717, 1.165) is 41.9 Å². The van der Waals surface area contributed by atoms with Crippen molar-refractivity contribution in [3.8, 4) is 5.75 Å². The molecular formula is C31H37N3O4S. The van der Waals surface area contributed by atoms with Crippen molar-refractivity contribution in [2.24, 2.45) is 0 Å². The van der Waals surface area contributed by atoms with E-state index in [9.17, 15) is 13.2 Å². The molecule has 206 valence electrons. The zero-order valence-electron chi connectivity index (χ0n) is 23.1. The second-order valence-electron chi connectivity index (χ2n) is 9.93. The third kappa shape index (κ3) is 6.88. The number of ether oxygens (including phenoxy) is 1. The van der Waals surface area contributed by atoms with Crippen LogP contribution in [0.4, 0.5) is 5.69 Å². The Balaban J connectivity index is 1.51. The van der Waals surface area contributed by atoms with Crippen molar-refractivity contribution in [2.75, 3.05) is 50.7 Å². The zero-order chi connectivity index (χ0) is 28.0. The molecular weight excluding hydrogens is 510 g/mol. The van der Waals surface area contributed by atoms with Gasteiger partial charge in [-0.2, -0.15) is 0 Å². The molecule has 7 nitrogen and oxygen atoms in total. The molecule has 0 unspecified atom stereocenters. The molecule has 1 heterocycles. The van der Waals surface area contributed by atoms with Gasteiger partial charge in [-0.15, -0.1) is 0 Å². The largest absolute Gasteiger partial charge is 0.495 e. The molecule has 3 aromatic carbocycles. The summed E-state index contributed by atoms with van der Waals surface area (Å²) in [6.07, 6.45) is 4.24. The first-order valence-corrected chi connectivity index (χ1v) is 14.6.